The average Bonchev–Trinajstić information content (AvgIpc) is 2.96. The quantitative estimate of drug-likeness (QED) is 0.725. The normalized spacial score (nSPS) is 28.2. The Bertz CT molecular complexity index is 826. The lowest BCUT2D eigenvalue weighted by molar-refractivity contribution is -0.00992. The number of nitrogens with zero attached hydrogens (tertiary/aromatic N) is 2. The van der Waals surface area contributed by atoms with Crippen molar-refractivity contribution < 1.29 is 27.8 Å². The average molecular weight is 426 g/mol. The molecule has 3 fully saturated rings. The van der Waals surface area contributed by atoms with Crippen LogP contribution in [0.4, 0.5) is 24.1 Å². The predicted molar refractivity (Wildman–Crippen MR) is 105 cm³/mol. The van der Waals surface area contributed by atoms with E-state index in [1.165, 1.54) is 19.2 Å². The summed E-state index contributed by atoms with van der Waals surface area (Å²) in [4.78, 5) is 26.8. The number of carbonyl (C=O) groups is 2. The molecule has 3 aliphatic rings. The molecule has 1 aliphatic carbocycles. The van der Waals surface area contributed by atoms with Crippen LogP contribution in [0, 0.1) is 23.5 Å². The summed E-state index contributed by atoms with van der Waals surface area (Å²) in [6.07, 6.45) is -2.33. The Kier molecular flexibility index (Phi) is 4.91. The third kappa shape index (κ3) is 3.76. The van der Waals surface area contributed by atoms with Crippen LogP contribution in [0.25, 0.3) is 0 Å². The molecule has 0 aromatic heterocycles. The number of thioether (sulfide) groups is 1. The van der Waals surface area contributed by atoms with Gasteiger partial charge in [0.1, 0.15) is 17.2 Å². The zero-order valence-corrected chi connectivity index (χ0v) is 17.6. The van der Waals surface area contributed by atoms with Crippen LogP contribution in [-0.4, -0.2) is 54.0 Å². The molecule has 0 N–H and O–H groups in total. The van der Waals surface area contributed by atoms with E-state index in [1.54, 1.807) is 20.8 Å². The summed E-state index contributed by atoms with van der Waals surface area (Å²) in [5.74, 6) is 1.22. The summed E-state index contributed by atoms with van der Waals surface area (Å²) in [7, 11) is 1.45. The van der Waals surface area contributed by atoms with Gasteiger partial charge in [-0.2, -0.15) is 11.8 Å². The van der Waals surface area contributed by atoms with Gasteiger partial charge in [0.25, 0.3) is 0 Å². The number of amides is 2. The summed E-state index contributed by atoms with van der Waals surface area (Å²) in [6.45, 7) is 5.14. The Morgan fingerprint density at radius 2 is 1.83 bits per heavy atom. The second-order valence-corrected chi connectivity index (χ2v) is 9.83. The minimum absolute atomic E-state index is 0.0435. The molecule has 1 saturated carbocycles. The SMILES string of the molecule is CN(C(=O)OC(C)(C)C)[C@@H]1CN(c2cc(F)c(C3[C@H]4CSC[C@@H]34)c(F)c2)C(=O)O1. The van der Waals surface area contributed by atoms with Gasteiger partial charge in [-0.05, 0) is 62.2 Å². The number of hydrogen-bond acceptors (Lipinski definition) is 5. The molecule has 2 heterocycles. The summed E-state index contributed by atoms with van der Waals surface area (Å²) in [6, 6.07) is 2.35. The number of hydrogen-bond donors (Lipinski definition) is 0. The third-order valence-electron chi connectivity index (χ3n) is 5.57. The van der Waals surface area contributed by atoms with Gasteiger partial charge in [0.2, 0.25) is 0 Å². The number of halogens is 2. The van der Waals surface area contributed by atoms with Gasteiger partial charge in [-0.25, -0.2) is 18.4 Å². The van der Waals surface area contributed by atoms with Crippen molar-refractivity contribution in [1.29, 1.82) is 0 Å². The second-order valence-electron chi connectivity index (χ2n) is 8.75. The van der Waals surface area contributed by atoms with Gasteiger partial charge in [-0.1, -0.05) is 0 Å². The highest BCUT2D eigenvalue weighted by atomic mass is 32.2. The van der Waals surface area contributed by atoms with Gasteiger partial charge < -0.3 is 9.47 Å². The molecule has 29 heavy (non-hydrogen) atoms. The first kappa shape index (κ1) is 20.3. The molecule has 2 aliphatic heterocycles. The number of ether oxygens (including phenoxy) is 2. The zero-order chi connectivity index (χ0) is 21.1. The van der Waals surface area contributed by atoms with Gasteiger partial charge >= 0.3 is 12.2 Å². The highest BCUT2D eigenvalue weighted by molar-refractivity contribution is 7.99. The largest absolute Gasteiger partial charge is 0.444 e. The lowest BCUT2D eigenvalue weighted by atomic mass is 10.1. The Hall–Kier alpha value is -2.03. The van der Waals surface area contributed by atoms with Crippen molar-refractivity contribution in [2.24, 2.45) is 11.8 Å². The summed E-state index contributed by atoms with van der Waals surface area (Å²) in [5.41, 5.74) is -0.497. The molecule has 2 amide bonds. The van der Waals surface area contributed by atoms with E-state index in [4.69, 9.17) is 9.47 Å². The number of carbonyl (C=O) groups excluding carboxylic acids is 2. The predicted octanol–water partition coefficient (Wildman–Crippen LogP) is 4.19. The number of fused-ring (bicyclic) bond motifs is 1. The Balaban J connectivity index is 1.49. The second kappa shape index (κ2) is 7.04. The van der Waals surface area contributed by atoms with Crippen LogP contribution in [0.5, 0.6) is 0 Å². The van der Waals surface area contributed by atoms with Crippen molar-refractivity contribution in [3.8, 4) is 0 Å². The molecule has 158 valence electrons. The maximum atomic E-state index is 14.7. The van der Waals surface area contributed by atoms with Crippen molar-refractivity contribution in [1.82, 2.24) is 4.90 Å². The highest BCUT2D eigenvalue weighted by Crippen LogP contribution is 2.62. The van der Waals surface area contributed by atoms with E-state index in [0.29, 0.717) is 11.8 Å². The Labute approximate surface area is 172 Å². The molecule has 2 saturated heterocycles. The fraction of sp³-hybridized carbons (Fsp3) is 0.600. The molecular weight excluding hydrogens is 402 g/mol. The first-order valence-electron chi connectivity index (χ1n) is 9.57. The lowest BCUT2D eigenvalue weighted by Crippen LogP contribution is -2.42. The van der Waals surface area contributed by atoms with E-state index in [2.05, 4.69) is 0 Å². The summed E-state index contributed by atoms with van der Waals surface area (Å²) < 4.78 is 40.0. The molecule has 1 unspecified atom stereocenters. The van der Waals surface area contributed by atoms with Crippen LogP contribution in [0.1, 0.15) is 32.3 Å². The van der Waals surface area contributed by atoms with E-state index in [1.807, 2.05) is 11.8 Å². The third-order valence-corrected chi connectivity index (χ3v) is 6.81. The fourth-order valence-electron chi connectivity index (χ4n) is 4.02. The fourth-order valence-corrected chi connectivity index (χ4v) is 5.61. The first-order chi connectivity index (χ1) is 13.6. The van der Waals surface area contributed by atoms with Crippen LogP contribution in [-0.2, 0) is 9.47 Å². The highest BCUT2D eigenvalue weighted by Gasteiger charge is 2.55. The number of likely N-dealkylation sites (N-methyl/N-ethyl adjacent to an activating group) is 1. The van der Waals surface area contributed by atoms with Crippen molar-refractivity contribution in [2.75, 3.05) is 30.0 Å². The summed E-state index contributed by atoms with van der Waals surface area (Å²) >= 11 is 1.82. The zero-order valence-electron chi connectivity index (χ0n) is 16.8. The smallest absolute Gasteiger partial charge is 0.416 e. The molecule has 0 spiro atoms. The number of benzene rings is 1. The Morgan fingerprint density at radius 3 is 2.38 bits per heavy atom. The van der Waals surface area contributed by atoms with E-state index in [0.717, 1.165) is 21.3 Å². The van der Waals surface area contributed by atoms with E-state index in [-0.39, 0.29) is 23.7 Å². The number of cyclic esters (lactones) is 1. The maximum absolute atomic E-state index is 14.7. The van der Waals surface area contributed by atoms with Crippen molar-refractivity contribution >= 4 is 29.6 Å². The van der Waals surface area contributed by atoms with Crippen LogP contribution in [0.3, 0.4) is 0 Å². The minimum Gasteiger partial charge on any atom is -0.444 e. The van der Waals surface area contributed by atoms with E-state index >= 15 is 0 Å². The monoisotopic (exact) mass is 426 g/mol. The number of rotatable bonds is 3. The molecule has 4 atom stereocenters. The van der Waals surface area contributed by atoms with Gasteiger partial charge in [0, 0.05) is 12.6 Å². The van der Waals surface area contributed by atoms with Crippen LogP contribution in [0.2, 0.25) is 0 Å². The molecule has 1 aromatic carbocycles. The minimum atomic E-state index is -0.914. The van der Waals surface area contributed by atoms with E-state index in [9.17, 15) is 18.4 Å². The van der Waals surface area contributed by atoms with E-state index < -0.39 is 35.6 Å². The van der Waals surface area contributed by atoms with Crippen molar-refractivity contribution in [3.63, 3.8) is 0 Å². The summed E-state index contributed by atoms with van der Waals surface area (Å²) in [5, 5.41) is 0. The lowest BCUT2D eigenvalue weighted by Gasteiger charge is -2.27. The molecule has 9 heteroatoms. The molecular formula is C20H24F2N2O4S. The topological polar surface area (TPSA) is 59.1 Å². The van der Waals surface area contributed by atoms with Crippen molar-refractivity contribution in [2.45, 2.75) is 38.5 Å². The van der Waals surface area contributed by atoms with Crippen molar-refractivity contribution in [3.05, 3.63) is 29.3 Å². The molecule has 6 nitrogen and oxygen atoms in total. The molecule has 0 bridgehead atoms. The van der Waals surface area contributed by atoms with Gasteiger partial charge in [-0.3, -0.25) is 9.80 Å². The number of anilines is 1. The van der Waals surface area contributed by atoms with Crippen LogP contribution < -0.4 is 4.90 Å². The van der Waals surface area contributed by atoms with Crippen LogP contribution >= 0.6 is 11.8 Å². The standard InChI is InChI=1S/C20H24F2N2O4S/c1-20(2,3)28-18(25)23(4)15-7-24(19(26)27-15)10-5-13(21)17(14(22)6-10)16-11-8-29-9-12(11)16/h5-6,11-12,15-16H,7-9H2,1-4H3/t11-,12+,15-,16?/m0/s1. The Morgan fingerprint density at radius 1 is 1.24 bits per heavy atom. The van der Waals surface area contributed by atoms with Gasteiger partial charge in [0.05, 0.1) is 12.2 Å². The van der Waals surface area contributed by atoms with Crippen LogP contribution in [0.15, 0.2) is 12.1 Å². The molecule has 1 aromatic rings. The maximum Gasteiger partial charge on any atom is 0.416 e. The molecule has 4 rings (SSSR count). The molecule has 0 radical (unpaired) electrons. The van der Waals surface area contributed by atoms with Gasteiger partial charge in [0.15, 0.2) is 6.23 Å². The first-order valence-corrected chi connectivity index (χ1v) is 10.7. The van der Waals surface area contributed by atoms with Gasteiger partial charge in [-0.15, -0.1) is 0 Å².